The Hall–Kier alpha value is -4.65. The Morgan fingerprint density at radius 2 is 0.752 bits per heavy atom. The van der Waals surface area contributed by atoms with E-state index in [-0.39, 0.29) is 40.3 Å². The fourth-order valence-electron chi connectivity index (χ4n) is 12.4. The maximum Gasteiger partial charge on any atom is 0.351 e. The first kappa shape index (κ1) is 97.2. The largest absolute Gasteiger partial charge is 0.491 e. The van der Waals surface area contributed by atoms with Crippen LogP contribution in [0.15, 0.2) is 65.2 Å². The van der Waals surface area contributed by atoms with Crippen LogP contribution in [0.2, 0.25) is 0 Å². The molecule has 0 saturated carbocycles. The molecule has 0 amide bonds. The molecule has 113 heavy (non-hydrogen) atoms. The second-order valence-electron chi connectivity index (χ2n) is 31.9. The summed E-state index contributed by atoms with van der Waals surface area (Å²) < 4.78 is 52.1. The number of aliphatic hydroxyl groups excluding tert-OH is 9. The summed E-state index contributed by atoms with van der Waals surface area (Å²) in [5.74, 6) is 0.715. The number of ether oxygens (including phenoxy) is 8. The third kappa shape index (κ3) is 26.7. The summed E-state index contributed by atoms with van der Waals surface area (Å²) in [6, 6.07) is 1.25. The average molecular weight is 1840 g/mol. The molecule has 0 aromatic carbocycles. The van der Waals surface area contributed by atoms with Crippen LogP contribution in [0.25, 0.3) is 0 Å². The molecule has 0 radical (unpaired) electrons. The molecule has 5 aliphatic heterocycles. The lowest BCUT2D eigenvalue weighted by molar-refractivity contribution is -0.0543. The monoisotopic (exact) mass is 1830 g/mol. The molecule has 638 valence electrons. The van der Waals surface area contributed by atoms with E-state index in [0.29, 0.717) is 57.1 Å². The first-order chi connectivity index (χ1) is 52.1. The van der Waals surface area contributed by atoms with Crippen molar-refractivity contribution in [2.75, 3.05) is 147 Å². The van der Waals surface area contributed by atoms with Gasteiger partial charge in [-0.05, 0) is 174 Å². The van der Waals surface area contributed by atoms with Crippen LogP contribution in [-0.2, 0) is 35.5 Å². The van der Waals surface area contributed by atoms with E-state index in [9.17, 15) is 65.1 Å². The number of aliphatic hydroxyl groups is 9. The smallest absolute Gasteiger partial charge is 0.351 e. The molecular weight excluding hydrogens is 1720 g/mol. The fraction of sp³-hybridized carbons (Fsp3) is 0.629. The number of nitrogen functional groups attached to an aromatic ring is 5. The molecule has 19 N–H and O–H groups in total. The number of aryl methyl sites for hydroxylation is 1. The number of methoxy groups -OCH3 is 3. The highest BCUT2D eigenvalue weighted by molar-refractivity contribution is 9.11. The summed E-state index contributed by atoms with van der Waals surface area (Å²) in [5, 5.41) is 92.1. The van der Waals surface area contributed by atoms with Gasteiger partial charge in [0.15, 0.2) is 48.0 Å². The van der Waals surface area contributed by atoms with Crippen LogP contribution in [0.3, 0.4) is 0 Å². The van der Waals surface area contributed by atoms with Crippen molar-refractivity contribution in [3.05, 3.63) is 98.1 Å². The van der Waals surface area contributed by atoms with Gasteiger partial charge in [0.1, 0.15) is 78.8 Å². The summed E-state index contributed by atoms with van der Waals surface area (Å²) in [6.07, 6.45) is 18.1. The van der Waals surface area contributed by atoms with Gasteiger partial charge in [-0.2, -0.15) is 15.0 Å². The second kappa shape index (κ2) is 40.4. The van der Waals surface area contributed by atoms with Crippen molar-refractivity contribution in [1.82, 2.24) is 42.8 Å². The molecule has 0 bridgehead atoms. The van der Waals surface area contributed by atoms with Gasteiger partial charge in [-0.25, -0.2) is 19.4 Å². The summed E-state index contributed by atoms with van der Waals surface area (Å²) in [6.45, 7) is 14.8. The maximum atomic E-state index is 12.2. The van der Waals surface area contributed by atoms with Crippen LogP contribution in [-0.4, -0.2) is 331 Å². The van der Waals surface area contributed by atoms with Gasteiger partial charge < -0.3 is 117 Å². The van der Waals surface area contributed by atoms with E-state index >= 15 is 0 Å². The van der Waals surface area contributed by atoms with Gasteiger partial charge in [-0.1, -0.05) is 0 Å². The summed E-state index contributed by atoms with van der Waals surface area (Å²) in [7, 11) is 6.05. The van der Waals surface area contributed by atoms with E-state index in [4.69, 9.17) is 78.8 Å². The minimum atomic E-state index is -1.28. The Balaban J connectivity index is 0.000000220. The van der Waals surface area contributed by atoms with E-state index in [0.717, 1.165) is 39.9 Å². The molecule has 0 aliphatic carbocycles. The number of anilines is 5. The average Bonchev–Trinajstić information content (AvgIpc) is 1.68. The molecule has 10 heterocycles. The van der Waals surface area contributed by atoms with E-state index in [1.807, 2.05) is 0 Å². The number of pyridine rings is 1. The third-order valence-corrected chi connectivity index (χ3v) is 27.9. The Morgan fingerprint density at radius 1 is 0.434 bits per heavy atom. The lowest BCUT2D eigenvalue weighted by Crippen LogP contribution is -2.37. The number of rotatable bonds is 23. The van der Waals surface area contributed by atoms with Crippen molar-refractivity contribution >= 4 is 139 Å². The lowest BCUT2D eigenvalue weighted by atomic mass is 10.0. The van der Waals surface area contributed by atoms with Crippen LogP contribution in [0.5, 0.6) is 11.5 Å². The number of nitrogens with two attached hydrogens (primary N) is 5. The van der Waals surface area contributed by atoms with Crippen molar-refractivity contribution in [3.63, 3.8) is 0 Å². The normalized spacial score (nSPS) is 28.4. The molecule has 5 aromatic rings. The predicted octanol–water partition coefficient (Wildman–Crippen LogP) is 1.97. The first-order valence-corrected chi connectivity index (χ1v) is 53.1. The molecule has 43 heteroatoms. The zero-order valence-corrected chi connectivity index (χ0v) is 74.8. The van der Waals surface area contributed by atoms with Gasteiger partial charge in [-0.15, -0.1) is 65.9 Å². The van der Waals surface area contributed by atoms with E-state index in [1.54, 1.807) is 17.8 Å². The SMILES string of the molecule is C=P(C)(C)CC[C@H]1O[C@@H](c2cn(C)c(=S)nc2N)[C@H](O)[C@@H]1O.C=P(C)(C)CC[C@H]1O[C@@H](n2cc(Br)c(N)cc2=O)[C@H](O)[C@@H]1O.C=P(C)(C)CC[C@H]1O[C@@H](n2cc(Br)c(N)nc2=O)[C@H](O)[C@@H]1O.C=P(C)(C)CC[C@H]1O[C@@H](n2cc(OC)c(N)nc2=O)[C@H](O)[C@@H]1O.C=P(C)(C)CC[C@H]1O[C@@H](n2cc(OC)c(N)nc2=O)[C@H](OC)[C@@H]1O. The Bertz CT molecular complexity index is 4550. The molecule has 5 aromatic heterocycles. The Kier molecular flexibility index (Phi) is 34.7. The number of nitrogens with zero attached hydrogens (tertiary/aromatic N) is 9. The van der Waals surface area contributed by atoms with Crippen molar-refractivity contribution < 1.29 is 83.9 Å². The topological polar surface area (TPSA) is 531 Å². The molecule has 5 fully saturated rings. The molecule has 35 nitrogen and oxygen atoms in total. The Labute approximate surface area is 680 Å². The summed E-state index contributed by atoms with van der Waals surface area (Å²) >= 11 is 11.5. The van der Waals surface area contributed by atoms with E-state index in [1.165, 1.54) is 61.3 Å². The highest BCUT2D eigenvalue weighted by atomic mass is 79.9. The van der Waals surface area contributed by atoms with Crippen LogP contribution in [0.4, 0.5) is 29.0 Å². The van der Waals surface area contributed by atoms with Gasteiger partial charge in [-0.3, -0.25) is 23.1 Å². The predicted molar refractivity (Wildman–Crippen MR) is 466 cm³/mol. The van der Waals surface area contributed by atoms with E-state index < -0.39 is 174 Å². The third-order valence-electron chi connectivity index (χ3n) is 18.9. The quantitative estimate of drug-likeness (QED) is 0.0328. The standard InChI is InChI=1S/C15H26N3O5P.C14H22BrN2O4P.C14H24N3O5P.C14H24N3O3PS.C13H21BrN3O4P/c1-21-10-8-18(15(20)17-13(10)16)14-12(22-2)11(19)9(23-14)6-7-24(3,4)5;1-22(2,3)5-4-10-12(19)13(20)14(21-10)17-7-8(15)9(16)6-11(17)18;1-21-9-7-17(14(20)16-12(9)15)13-11(19)10(18)8(22-13)5-6-23(2,3)4;1-17-7-8(13(15)16-14(17)22)12-11(19)10(18)9(20-12)5-6-21(2,3)4;1-22(2,3)5-4-8-9(18)10(19)12(21-8)17-6-7(14)11(15)16-13(17)20/h8-9,11-12,14,19H,3,6-7H2,1-2,4-5H3,(H2,16,17,20);6-7,10,12-14,19-20H,1,4-5,16H2,2-3H3;7-8,10-11,13,18-19H,2,5-6H2,1,3-4H3,(H2,15,16,20);7,9-12,18-19H,2,5-6H2,1,3-4H3,(H2,15,16,22);6,8-10,12,18-19H,1,4-5H2,2-3H3,(H2,15,16,20)/t9-,11-,12-,14-;10-,12-,13-,14-;8-,10-,11-,13-;9-,10-,11-,12+;8-,9-,10-,12-/m11111/s1. The molecular formula is C70H117Br2N14O21P5S. The molecule has 20 atom stereocenters. The minimum absolute atomic E-state index is 0.00594. The van der Waals surface area contributed by atoms with Gasteiger partial charge in [0, 0.05) is 44.4 Å². The lowest BCUT2D eigenvalue weighted by Gasteiger charge is -2.20. The van der Waals surface area contributed by atoms with Crippen molar-refractivity contribution in [2.45, 2.75) is 155 Å². The minimum Gasteiger partial charge on any atom is -0.491 e. The van der Waals surface area contributed by atoms with Crippen LogP contribution >= 0.6 is 78.5 Å². The number of halogens is 2. The van der Waals surface area contributed by atoms with Gasteiger partial charge in [0.25, 0.3) is 5.56 Å². The van der Waals surface area contributed by atoms with Crippen LogP contribution in [0.1, 0.15) is 68.7 Å². The van der Waals surface area contributed by atoms with Gasteiger partial charge >= 0.3 is 17.1 Å². The zero-order chi connectivity index (χ0) is 85.4. The zero-order valence-electron chi connectivity index (χ0n) is 66.4. The molecule has 5 aliphatic rings. The van der Waals surface area contributed by atoms with Crippen molar-refractivity contribution in [3.8, 4) is 11.5 Å². The van der Waals surface area contributed by atoms with Gasteiger partial charge in [0.05, 0.1) is 71.8 Å². The second-order valence-corrected chi connectivity index (χ2v) is 55.6. The number of aromatic nitrogens is 9. The van der Waals surface area contributed by atoms with Crippen LogP contribution in [0, 0.1) is 4.77 Å². The highest BCUT2D eigenvalue weighted by Crippen LogP contribution is 2.46. The summed E-state index contributed by atoms with van der Waals surface area (Å²) in [4.78, 5) is 63.2. The number of hydrogen-bond acceptors (Lipinski definition) is 31. The molecule has 10 rings (SSSR count). The van der Waals surface area contributed by atoms with E-state index in [2.05, 4.69) is 150 Å². The molecule has 0 spiro atoms. The summed E-state index contributed by atoms with van der Waals surface area (Å²) in [5.41, 5.74) is 26.9. The maximum absolute atomic E-state index is 12.2. The van der Waals surface area contributed by atoms with Crippen molar-refractivity contribution in [1.29, 1.82) is 0 Å². The highest BCUT2D eigenvalue weighted by Gasteiger charge is 2.49. The Morgan fingerprint density at radius 3 is 1.12 bits per heavy atom. The fourth-order valence-corrected chi connectivity index (χ4v) is 18.0. The molecule has 0 unspecified atom stereocenters. The molecule has 5 saturated heterocycles. The van der Waals surface area contributed by atoms with Crippen molar-refractivity contribution in [2.24, 2.45) is 7.05 Å². The van der Waals surface area contributed by atoms with Gasteiger partial charge in [0.2, 0.25) is 4.77 Å². The number of hydrogen-bond donors (Lipinski definition) is 14. The van der Waals surface area contributed by atoms with Crippen LogP contribution < -0.4 is 60.8 Å². The first-order valence-electron chi connectivity index (χ1n) is 35.8.